The highest BCUT2D eigenvalue weighted by Gasteiger charge is 2.31. The van der Waals surface area contributed by atoms with Crippen molar-refractivity contribution in [2.75, 3.05) is 11.4 Å². The molecule has 0 aliphatic carbocycles. The van der Waals surface area contributed by atoms with Gasteiger partial charge in [-0.05, 0) is 81.1 Å². The molecule has 5 heteroatoms. The summed E-state index contributed by atoms with van der Waals surface area (Å²) in [5, 5.41) is 4.19. The van der Waals surface area contributed by atoms with E-state index in [1.165, 1.54) is 16.8 Å². The second-order valence-corrected chi connectivity index (χ2v) is 8.98. The van der Waals surface area contributed by atoms with Crippen molar-refractivity contribution in [1.29, 1.82) is 0 Å². The predicted octanol–water partition coefficient (Wildman–Crippen LogP) is 5.93. The van der Waals surface area contributed by atoms with Crippen LogP contribution in [-0.4, -0.2) is 24.2 Å². The lowest BCUT2D eigenvalue weighted by molar-refractivity contribution is 0.0955. The van der Waals surface area contributed by atoms with Crippen molar-refractivity contribution in [3.05, 3.63) is 69.2 Å². The zero-order chi connectivity index (χ0) is 21.2. The van der Waals surface area contributed by atoms with E-state index in [2.05, 4.69) is 84.2 Å². The number of halogens is 1. The molecule has 1 heterocycles. The molecule has 1 aliphatic rings. The van der Waals surface area contributed by atoms with Crippen molar-refractivity contribution < 1.29 is 4.79 Å². The number of carbonyl (C=O) groups is 1. The quantitative estimate of drug-likeness (QED) is 0.449. The minimum Gasteiger partial charge on any atom is -0.362 e. The number of allylic oxidation sites excluding steroid dienone is 1. The van der Waals surface area contributed by atoms with Gasteiger partial charge < -0.3 is 4.90 Å². The minimum absolute atomic E-state index is 0.00687. The fourth-order valence-corrected chi connectivity index (χ4v) is 4.27. The van der Waals surface area contributed by atoms with Gasteiger partial charge in [0.1, 0.15) is 0 Å². The number of amides is 1. The standard InChI is InChI=1S/C24H28BrN3O/c1-6-10-28-22-11-16(2)19(13-21(22)17(3)14-24(28,4)5)15-26-27-23(29)18-8-7-9-20(25)12-18/h7-9,11-15H,6,10H2,1-5H3,(H,27,29)/b26-15-. The Morgan fingerprint density at radius 3 is 2.69 bits per heavy atom. The van der Waals surface area contributed by atoms with Crippen LogP contribution in [0.15, 0.2) is 52.0 Å². The van der Waals surface area contributed by atoms with Crippen LogP contribution in [0.5, 0.6) is 0 Å². The molecule has 0 unspecified atom stereocenters. The van der Waals surface area contributed by atoms with Crippen LogP contribution in [0, 0.1) is 6.92 Å². The van der Waals surface area contributed by atoms with Crippen LogP contribution < -0.4 is 10.3 Å². The average Bonchev–Trinajstić information content (AvgIpc) is 2.65. The number of hydrazone groups is 1. The van der Waals surface area contributed by atoms with Gasteiger partial charge in [0.05, 0.1) is 11.8 Å². The molecule has 4 nitrogen and oxygen atoms in total. The van der Waals surface area contributed by atoms with E-state index in [1.54, 1.807) is 18.3 Å². The average molecular weight is 454 g/mol. The highest BCUT2D eigenvalue weighted by atomic mass is 79.9. The Morgan fingerprint density at radius 2 is 2.00 bits per heavy atom. The molecule has 2 aromatic rings. The van der Waals surface area contributed by atoms with E-state index >= 15 is 0 Å². The first kappa shape index (κ1) is 21.3. The lowest BCUT2D eigenvalue weighted by Gasteiger charge is -2.43. The highest BCUT2D eigenvalue weighted by molar-refractivity contribution is 9.10. The normalized spacial score (nSPS) is 15.2. The summed E-state index contributed by atoms with van der Waals surface area (Å²) in [6, 6.07) is 11.7. The molecule has 0 saturated carbocycles. The van der Waals surface area contributed by atoms with Gasteiger partial charge in [0.25, 0.3) is 5.91 Å². The number of benzene rings is 2. The number of hydrogen-bond donors (Lipinski definition) is 1. The molecule has 2 aromatic carbocycles. The van der Waals surface area contributed by atoms with E-state index in [-0.39, 0.29) is 11.4 Å². The van der Waals surface area contributed by atoms with Gasteiger partial charge in [-0.2, -0.15) is 5.10 Å². The number of carbonyl (C=O) groups excluding carboxylic acids is 1. The maximum Gasteiger partial charge on any atom is 0.271 e. The van der Waals surface area contributed by atoms with Crippen molar-refractivity contribution in [3.8, 4) is 0 Å². The monoisotopic (exact) mass is 453 g/mol. The molecule has 0 bridgehead atoms. The topological polar surface area (TPSA) is 44.7 Å². The van der Waals surface area contributed by atoms with E-state index < -0.39 is 0 Å². The third-order valence-electron chi connectivity index (χ3n) is 5.27. The molecular formula is C24H28BrN3O. The van der Waals surface area contributed by atoms with Gasteiger partial charge in [0.15, 0.2) is 0 Å². The number of aryl methyl sites for hydroxylation is 1. The van der Waals surface area contributed by atoms with Crippen LogP contribution in [0.25, 0.3) is 5.57 Å². The first-order chi connectivity index (χ1) is 13.7. The van der Waals surface area contributed by atoms with Crippen molar-refractivity contribution in [1.82, 2.24) is 5.43 Å². The molecule has 3 rings (SSSR count). The van der Waals surface area contributed by atoms with Crippen LogP contribution in [0.2, 0.25) is 0 Å². The summed E-state index contributed by atoms with van der Waals surface area (Å²) >= 11 is 3.38. The minimum atomic E-state index is -0.231. The fourth-order valence-electron chi connectivity index (χ4n) is 3.87. The summed E-state index contributed by atoms with van der Waals surface area (Å²) in [7, 11) is 0. The third-order valence-corrected chi connectivity index (χ3v) is 5.76. The number of fused-ring (bicyclic) bond motifs is 1. The first-order valence-electron chi connectivity index (χ1n) is 9.94. The highest BCUT2D eigenvalue weighted by Crippen LogP contribution is 2.40. The Labute approximate surface area is 181 Å². The maximum absolute atomic E-state index is 12.3. The zero-order valence-corrected chi connectivity index (χ0v) is 19.3. The molecule has 0 atom stereocenters. The Bertz CT molecular complexity index is 992. The molecule has 0 aromatic heterocycles. The number of anilines is 1. The summed E-state index contributed by atoms with van der Waals surface area (Å²) in [5.41, 5.74) is 9.08. The molecule has 1 aliphatic heterocycles. The Kier molecular flexibility index (Phi) is 6.27. The molecule has 29 heavy (non-hydrogen) atoms. The summed E-state index contributed by atoms with van der Waals surface area (Å²) in [6.07, 6.45) is 5.15. The van der Waals surface area contributed by atoms with Crippen molar-refractivity contribution in [3.63, 3.8) is 0 Å². The third kappa shape index (κ3) is 4.61. The van der Waals surface area contributed by atoms with E-state index in [0.29, 0.717) is 5.56 Å². The van der Waals surface area contributed by atoms with Gasteiger partial charge >= 0.3 is 0 Å². The van der Waals surface area contributed by atoms with Crippen LogP contribution in [-0.2, 0) is 0 Å². The maximum atomic E-state index is 12.3. The predicted molar refractivity (Wildman–Crippen MR) is 126 cm³/mol. The molecule has 152 valence electrons. The summed E-state index contributed by atoms with van der Waals surface area (Å²) < 4.78 is 0.862. The fraction of sp³-hybridized carbons (Fsp3) is 0.333. The molecular weight excluding hydrogens is 426 g/mol. The second-order valence-electron chi connectivity index (χ2n) is 8.07. The summed E-state index contributed by atoms with van der Waals surface area (Å²) in [6.45, 7) is 12.0. The second kappa shape index (κ2) is 8.54. The Balaban J connectivity index is 1.86. The lowest BCUT2D eigenvalue weighted by atomic mass is 9.87. The van der Waals surface area contributed by atoms with Crippen molar-refractivity contribution >= 4 is 39.3 Å². The Morgan fingerprint density at radius 1 is 1.24 bits per heavy atom. The van der Waals surface area contributed by atoms with E-state index in [4.69, 9.17) is 0 Å². The summed E-state index contributed by atoms with van der Waals surface area (Å²) in [5.74, 6) is -0.231. The largest absolute Gasteiger partial charge is 0.362 e. The molecule has 0 spiro atoms. The molecule has 1 N–H and O–H groups in total. The van der Waals surface area contributed by atoms with E-state index in [9.17, 15) is 4.79 Å². The van der Waals surface area contributed by atoms with Gasteiger partial charge in [-0.25, -0.2) is 5.43 Å². The zero-order valence-electron chi connectivity index (χ0n) is 17.7. The number of nitrogens with one attached hydrogen (secondary N) is 1. The molecule has 1 amide bonds. The van der Waals surface area contributed by atoms with Gasteiger partial charge in [0, 0.05) is 27.8 Å². The van der Waals surface area contributed by atoms with Crippen molar-refractivity contribution in [2.24, 2.45) is 5.10 Å². The smallest absolute Gasteiger partial charge is 0.271 e. The van der Waals surface area contributed by atoms with Gasteiger partial charge in [-0.15, -0.1) is 0 Å². The first-order valence-corrected chi connectivity index (χ1v) is 10.7. The van der Waals surface area contributed by atoms with E-state index in [0.717, 1.165) is 28.6 Å². The van der Waals surface area contributed by atoms with Crippen LogP contribution in [0.4, 0.5) is 5.69 Å². The van der Waals surface area contributed by atoms with Gasteiger partial charge in [-0.3, -0.25) is 4.79 Å². The number of nitrogens with zero attached hydrogens (tertiary/aromatic N) is 2. The molecule has 0 saturated heterocycles. The van der Waals surface area contributed by atoms with Crippen LogP contribution in [0.1, 0.15) is 61.2 Å². The molecule has 0 radical (unpaired) electrons. The van der Waals surface area contributed by atoms with Crippen LogP contribution >= 0.6 is 15.9 Å². The SMILES string of the molecule is CCCN1c2cc(C)c(/C=N\NC(=O)c3cccc(Br)c3)cc2C(C)=CC1(C)C. The van der Waals surface area contributed by atoms with Gasteiger partial charge in [0.2, 0.25) is 0 Å². The number of hydrogen-bond acceptors (Lipinski definition) is 3. The number of rotatable bonds is 5. The van der Waals surface area contributed by atoms with Crippen molar-refractivity contribution in [2.45, 2.75) is 46.6 Å². The van der Waals surface area contributed by atoms with Crippen LogP contribution in [0.3, 0.4) is 0 Å². The molecule has 0 fully saturated rings. The lowest BCUT2D eigenvalue weighted by Crippen LogP contribution is -2.45. The van der Waals surface area contributed by atoms with Gasteiger partial charge in [-0.1, -0.05) is 35.0 Å². The summed E-state index contributed by atoms with van der Waals surface area (Å²) in [4.78, 5) is 14.8. The van der Waals surface area contributed by atoms with E-state index in [1.807, 2.05) is 12.1 Å². The Hall–Kier alpha value is -2.40.